The van der Waals surface area contributed by atoms with Gasteiger partial charge in [-0.1, -0.05) is 25.5 Å². The molecule has 0 aromatic rings. The van der Waals surface area contributed by atoms with Gasteiger partial charge in [-0.15, -0.1) is 11.6 Å². The van der Waals surface area contributed by atoms with Gasteiger partial charge in [-0.3, -0.25) is 0 Å². The van der Waals surface area contributed by atoms with Crippen molar-refractivity contribution in [1.29, 1.82) is 0 Å². The third-order valence-corrected chi connectivity index (χ3v) is 1.44. The Morgan fingerprint density at radius 1 is 1.60 bits per heavy atom. The number of aliphatic hydroxyl groups excluding tert-OH is 1. The van der Waals surface area contributed by atoms with Gasteiger partial charge in [0.2, 0.25) is 0 Å². The van der Waals surface area contributed by atoms with E-state index in [2.05, 4.69) is 6.92 Å². The SMILES string of the molecule is CCC/C=C/C(O)CCCl. The van der Waals surface area contributed by atoms with Crippen LogP contribution in [0.3, 0.4) is 0 Å². The van der Waals surface area contributed by atoms with Gasteiger partial charge >= 0.3 is 0 Å². The number of aliphatic hydroxyl groups is 1. The molecule has 0 radical (unpaired) electrons. The maximum atomic E-state index is 9.10. The molecule has 0 aromatic heterocycles. The summed E-state index contributed by atoms with van der Waals surface area (Å²) in [6, 6.07) is 0. The molecule has 1 atom stereocenters. The highest BCUT2D eigenvalue weighted by molar-refractivity contribution is 6.17. The first-order valence-electron chi connectivity index (χ1n) is 3.72. The van der Waals surface area contributed by atoms with E-state index in [0.29, 0.717) is 12.3 Å². The zero-order chi connectivity index (χ0) is 7.82. The molecule has 1 nitrogen and oxygen atoms in total. The molecule has 60 valence electrons. The Kier molecular flexibility index (Phi) is 7.09. The van der Waals surface area contributed by atoms with Gasteiger partial charge < -0.3 is 5.11 Å². The van der Waals surface area contributed by atoms with Crippen LogP contribution in [-0.2, 0) is 0 Å². The van der Waals surface area contributed by atoms with Crippen LogP contribution in [0.2, 0.25) is 0 Å². The molecule has 0 spiro atoms. The third kappa shape index (κ3) is 6.12. The second-order valence-electron chi connectivity index (χ2n) is 2.26. The maximum Gasteiger partial charge on any atom is 0.0732 e. The molecule has 0 saturated carbocycles. The van der Waals surface area contributed by atoms with E-state index in [9.17, 15) is 0 Å². The van der Waals surface area contributed by atoms with E-state index in [0.717, 1.165) is 12.8 Å². The molecule has 10 heavy (non-hydrogen) atoms. The predicted molar refractivity (Wildman–Crippen MR) is 45.4 cm³/mol. The van der Waals surface area contributed by atoms with Gasteiger partial charge in [0.15, 0.2) is 0 Å². The van der Waals surface area contributed by atoms with Crippen molar-refractivity contribution in [3.05, 3.63) is 12.2 Å². The Morgan fingerprint density at radius 2 is 2.30 bits per heavy atom. The van der Waals surface area contributed by atoms with Crippen molar-refractivity contribution in [2.24, 2.45) is 0 Å². The normalized spacial score (nSPS) is 14.3. The largest absolute Gasteiger partial charge is 0.389 e. The summed E-state index contributed by atoms with van der Waals surface area (Å²) in [6.45, 7) is 2.11. The molecule has 0 aliphatic heterocycles. The minimum Gasteiger partial charge on any atom is -0.389 e. The Morgan fingerprint density at radius 3 is 2.80 bits per heavy atom. The van der Waals surface area contributed by atoms with Crippen LogP contribution in [0, 0.1) is 0 Å². The van der Waals surface area contributed by atoms with Crippen molar-refractivity contribution < 1.29 is 5.11 Å². The Balaban J connectivity index is 3.26. The van der Waals surface area contributed by atoms with E-state index in [1.54, 1.807) is 0 Å². The lowest BCUT2D eigenvalue weighted by Gasteiger charge is -1.99. The molecule has 1 unspecified atom stereocenters. The summed E-state index contributed by atoms with van der Waals surface area (Å²) in [6.07, 6.45) is 6.29. The van der Waals surface area contributed by atoms with Gasteiger partial charge in [-0.2, -0.15) is 0 Å². The van der Waals surface area contributed by atoms with Crippen LogP contribution in [0.15, 0.2) is 12.2 Å². The average molecular weight is 163 g/mol. The Hall–Kier alpha value is -0.0100. The Labute approximate surface area is 67.7 Å². The standard InChI is InChI=1S/C8H15ClO/c1-2-3-4-5-8(10)6-7-9/h4-5,8,10H,2-3,6-7H2,1H3/b5-4+. The van der Waals surface area contributed by atoms with Crippen LogP contribution < -0.4 is 0 Å². The highest BCUT2D eigenvalue weighted by atomic mass is 35.5. The van der Waals surface area contributed by atoms with Gasteiger partial charge in [0.1, 0.15) is 0 Å². The number of hydrogen-bond acceptors (Lipinski definition) is 1. The quantitative estimate of drug-likeness (QED) is 0.486. The number of allylic oxidation sites excluding steroid dienone is 1. The lowest BCUT2D eigenvalue weighted by Crippen LogP contribution is -2.01. The molecule has 0 bridgehead atoms. The molecule has 0 amide bonds. The van der Waals surface area contributed by atoms with E-state index in [1.165, 1.54) is 0 Å². The fraction of sp³-hybridized carbons (Fsp3) is 0.750. The summed E-state index contributed by atoms with van der Waals surface area (Å²) in [7, 11) is 0. The van der Waals surface area contributed by atoms with E-state index < -0.39 is 0 Å². The fourth-order valence-corrected chi connectivity index (χ4v) is 0.852. The number of hydrogen-bond donors (Lipinski definition) is 1. The van der Waals surface area contributed by atoms with Crippen molar-refractivity contribution in [2.45, 2.75) is 32.3 Å². The Bertz CT molecular complexity index is 91.3. The third-order valence-electron chi connectivity index (χ3n) is 1.22. The van der Waals surface area contributed by atoms with Crippen molar-refractivity contribution >= 4 is 11.6 Å². The summed E-state index contributed by atoms with van der Waals surface area (Å²) >= 11 is 5.42. The van der Waals surface area contributed by atoms with Gasteiger partial charge in [-0.05, 0) is 12.8 Å². The summed E-state index contributed by atoms with van der Waals surface area (Å²) in [5, 5.41) is 9.10. The number of unbranched alkanes of at least 4 members (excludes halogenated alkanes) is 1. The molecule has 0 rings (SSSR count). The maximum absolute atomic E-state index is 9.10. The molecule has 0 aliphatic carbocycles. The van der Waals surface area contributed by atoms with E-state index >= 15 is 0 Å². The molecule has 1 N–H and O–H groups in total. The minimum absolute atomic E-state index is 0.343. The topological polar surface area (TPSA) is 20.2 Å². The first-order valence-corrected chi connectivity index (χ1v) is 4.25. The van der Waals surface area contributed by atoms with Crippen molar-refractivity contribution in [3.63, 3.8) is 0 Å². The van der Waals surface area contributed by atoms with Crippen LogP contribution in [0.1, 0.15) is 26.2 Å². The van der Waals surface area contributed by atoms with E-state index in [1.807, 2.05) is 12.2 Å². The molecule has 2 heteroatoms. The summed E-state index contributed by atoms with van der Waals surface area (Å²) in [5.74, 6) is 0.525. The molecular formula is C8H15ClO. The van der Waals surface area contributed by atoms with Crippen LogP contribution in [0.25, 0.3) is 0 Å². The van der Waals surface area contributed by atoms with Gasteiger partial charge in [0.05, 0.1) is 6.10 Å². The van der Waals surface area contributed by atoms with E-state index in [4.69, 9.17) is 16.7 Å². The summed E-state index contributed by atoms with van der Waals surface area (Å²) in [5.41, 5.74) is 0. The predicted octanol–water partition coefficient (Wildman–Crippen LogP) is 2.33. The zero-order valence-corrected chi connectivity index (χ0v) is 7.14. The second kappa shape index (κ2) is 7.10. The highest BCUT2D eigenvalue weighted by Crippen LogP contribution is 1.97. The first-order chi connectivity index (χ1) is 4.81. The molecule has 0 saturated heterocycles. The number of alkyl halides is 1. The fourth-order valence-electron chi connectivity index (χ4n) is 0.628. The molecular weight excluding hydrogens is 148 g/mol. The van der Waals surface area contributed by atoms with Gasteiger partial charge in [0.25, 0.3) is 0 Å². The van der Waals surface area contributed by atoms with Gasteiger partial charge in [0, 0.05) is 5.88 Å². The van der Waals surface area contributed by atoms with Gasteiger partial charge in [-0.25, -0.2) is 0 Å². The number of halogens is 1. The molecule has 0 heterocycles. The summed E-state index contributed by atoms with van der Waals surface area (Å²) < 4.78 is 0. The minimum atomic E-state index is -0.343. The van der Waals surface area contributed by atoms with Crippen LogP contribution >= 0.6 is 11.6 Å². The van der Waals surface area contributed by atoms with Crippen LogP contribution in [-0.4, -0.2) is 17.1 Å². The smallest absolute Gasteiger partial charge is 0.0732 e. The summed E-state index contributed by atoms with van der Waals surface area (Å²) in [4.78, 5) is 0. The number of rotatable bonds is 5. The first kappa shape index (κ1) is 9.99. The lowest BCUT2D eigenvalue weighted by atomic mass is 10.2. The van der Waals surface area contributed by atoms with Crippen molar-refractivity contribution in [2.75, 3.05) is 5.88 Å². The van der Waals surface area contributed by atoms with E-state index in [-0.39, 0.29) is 6.10 Å². The monoisotopic (exact) mass is 162 g/mol. The molecule has 0 aromatic carbocycles. The molecule has 0 aliphatic rings. The lowest BCUT2D eigenvalue weighted by molar-refractivity contribution is 0.219. The average Bonchev–Trinajstić information content (AvgIpc) is 1.89. The van der Waals surface area contributed by atoms with Crippen molar-refractivity contribution in [3.8, 4) is 0 Å². The van der Waals surface area contributed by atoms with Crippen LogP contribution in [0.5, 0.6) is 0 Å². The second-order valence-corrected chi connectivity index (χ2v) is 2.64. The van der Waals surface area contributed by atoms with Crippen LogP contribution in [0.4, 0.5) is 0 Å². The zero-order valence-electron chi connectivity index (χ0n) is 6.39. The molecule has 0 fully saturated rings. The highest BCUT2D eigenvalue weighted by Gasteiger charge is 1.94. The van der Waals surface area contributed by atoms with Crippen molar-refractivity contribution in [1.82, 2.24) is 0 Å².